The third kappa shape index (κ3) is 3.49. The maximum absolute atomic E-state index is 3.48. The van der Waals surface area contributed by atoms with E-state index in [-0.39, 0.29) is 0 Å². The van der Waals surface area contributed by atoms with Crippen molar-refractivity contribution in [3.8, 4) is 0 Å². The lowest BCUT2D eigenvalue weighted by molar-refractivity contribution is 0.502. The number of para-hydroxylation sites is 1. The van der Waals surface area contributed by atoms with E-state index in [0.717, 1.165) is 6.54 Å². The van der Waals surface area contributed by atoms with E-state index >= 15 is 0 Å². The Labute approximate surface area is 111 Å². The van der Waals surface area contributed by atoms with Crippen molar-refractivity contribution in [2.24, 2.45) is 0 Å². The van der Waals surface area contributed by atoms with Gasteiger partial charge in [-0.1, -0.05) is 31.5 Å². The molecule has 1 aliphatic rings. The molecule has 2 nitrogen and oxygen atoms in total. The van der Waals surface area contributed by atoms with E-state index in [2.05, 4.69) is 48.3 Å². The molecule has 2 rings (SSSR count). The van der Waals surface area contributed by atoms with Crippen molar-refractivity contribution in [2.45, 2.75) is 45.6 Å². The van der Waals surface area contributed by atoms with Gasteiger partial charge in [0, 0.05) is 24.8 Å². The predicted octanol–water partition coefficient (Wildman–Crippen LogP) is 3.22. The van der Waals surface area contributed by atoms with Gasteiger partial charge >= 0.3 is 0 Å². The van der Waals surface area contributed by atoms with Crippen LogP contribution >= 0.6 is 0 Å². The lowest BCUT2D eigenvalue weighted by Crippen LogP contribution is -2.26. The average molecular weight is 246 g/mol. The summed E-state index contributed by atoms with van der Waals surface area (Å²) in [5.41, 5.74) is 3.00. The van der Waals surface area contributed by atoms with Crippen molar-refractivity contribution < 1.29 is 0 Å². The van der Waals surface area contributed by atoms with Gasteiger partial charge in [0.15, 0.2) is 0 Å². The van der Waals surface area contributed by atoms with Gasteiger partial charge in [-0.05, 0) is 44.4 Å². The normalized spacial score (nSPS) is 15.8. The first-order valence-electron chi connectivity index (χ1n) is 7.37. The molecule has 1 heterocycles. The van der Waals surface area contributed by atoms with Crippen LogP contribution in [0, 0.1) is 0 Å². The molecule has 1 unspecified atom stereocenters. The Morgan fingerprint density at radius 1 is 1.28 bits per heavy atom. The van der Waals surface area contributed by atoms with Crippen molar-refractivity contribution in [1.82, 2.24) is 5.32 Å². The molecular weight excluding hydrogens is 220 g/mol. The van der Waals surface area contributed by atoms with Crippen LogP contribution in [0.1, 0.15) is 38.7 Å². The molecule has 0 aliphatic carbocycles. The molecule has 18 heavy (non-hydrogen) atoms. The molecule has 0 saturated carbocycles. The van der Waals surface area contributed by atoms with Gasteiger partial charge < -0.3 is 10.2 Å². The van der Waals surface area contributed by atoms with Gasteiger partial charge in [0.1, 0.15) is 0 Å². The Balaban J connectivity index is 1.69. The third-order valence-corrected chi connectivity index (χ3v) is 3.85. The minimum absolute atomic E-state index is 0.667. The highest BCUT2D eigenvalue weighted by atomic mass is 15.1. The van der Waals surface area contributed by atoms with E-state index in [1.807, 2.05) is 0 Å². The molecule has 2 heteroatoms. The summed E-state index contributed by atoms with van der Waals surface area (Å²) < 4.78 is 0. The van der Waals surface area contributed by atoms with Gasteiger partial charge in [-0.2, -0.15) is 0 Å². The summed E-state index contributed by atoms with van der Waals surface area (Å²) in [5.74, 6) is 0. The molecule has 0 amide bonds. The van der Waals surface area contributed by atoms with Crippen LogP contribution in [0.15, 0.2) is 24.3 Å². The zero-order valence-corrected chi connectivity index (χ0v) is 11.8. The number of nitrogens with one attached hydrogen (secondary N) is 1. The Morgan fingerprint density at radius 2 is 2.11 bits per heavy atom. The van der Waals surface area contributed by atoms with Gasteiger partial charge in [-0.25, -0.2) is 0 Å². The largest absolute Gasteiger partial charge is 0.371 e. The zero-order chi connectivity index (χ0) is 12.8. The zero-order valence-electron chi connectivity index (χ0n) is 11.8. The van der Waals surface area contributed by atoms with E-state index in [9.17, 15) is 0 Å². The molecule has 0 saturated heterocycles. The van der Waals surface area contributed by atoms with Crippen LogP contribution in [0.3, 0.4) is 0 Å². The van der Waals surface area contributed by atoms with Crippen LogP contribution < -0.4 is 10.2 Å². The fraction of sp³-hybridized carbons (Fsp3) is 0.625. The summed E-state index contributed by atoms with van der Waals surface area (Å²) in [6.07, 6.45) is 5.16. The number of hydrogen-bond acceptors (Lipinski definition) is 2. The van der Waals surface area contributed by atoms with Crippen LogP contribution in [-0.4, -0.2) is 25.7 Å². The first kappa shape index (κ1) is 13.4. The van der Waals surface area contributed by atoms with E-state index in [0.29, 0.717) is 6.04 Å². The van der Waals surface area contributed by atoms with Crippen molar-refractivity contribution >= 4 is 5.69 Å². The third-order valence-electron chi connectivity index (χ3n) is 3.85. The highest BCUT2D eigenvalue weighted by Crippen LogP contribution is 2.27. The van der Waals surface area contributed by atoms with Gasteiger partial charge in [0.2, 0.25) is 0 Å². The number of nitrogens with zero attached hydrogens (tertiary/aromatic N) is 1. The summed E-state index contributed by atoms with van der Waals surface area (Å²) in [5, 5.41) is 3.48. The van der Waals surface area contributed by atoms with E-state index < -0.39 is 0 Å². The van der Waals surface area contributed by atoms with Crippen LogP contribution in [0.25, 0.3) is 0 Å². The number of anilines is 1. The summed E-state index contributed by atoms with van der Waals surface area (Å²) in [6, 6.07) is 9.51. The second-order valence-electron chi connectivity index (χ2n) is 5.32. The minimum Gasteiger partial charge on any atom is -0.371 e. The number of benzene rings is 1. The Kier molecular flexibility index (Phi) is 5.06. The number of fused-ring (bicyclic) bond motifs is 1. The predicted molar refractivity (Wildman–Crippen MR) is 79.3 cm³/mol. The van der Waals surface area contributed by atoms with Crippen LogP contribution in [0.4, 0.5) is 5.69 Å². The Bertz CT molecular complexity index is 362. The molecule has 100 valence electrons. The van der Waals surface area contributed by atoms with Gasteiger partial charge in [0.25, 0.3) is 0 Å². The second-order valence-corrected chi connectivity index (χ2v) is 5.32. The molecule has 0 bridgehead atoms. The molecule has 0 radical (unpaired) electrons. The SMILES string of the molecule is CCNC(C)CCCCN1CCc2ccccc21. The van der Waals surface area contributed by atoms with E-state index in [1.54, 1.807) is 0 Å². The quantitative estimate of drug-likeness (QED) is 0.743. The molecule has 1 aliphatic heterocycles. The summed E-state index contributed by atoms with van der Waals surface area (Å²) in [6.45, 7) is 7.98. The molecule has 0 aromatic heterocycles. The van der Waals surface area contributed by atoms with Crippen molar-refractivity contribution in [3.05, 3.63) is 29.8 Å². The Hall–Kier alpha value is -1.02. The van der Waals surface area contributed by atoms with Crippen LogP contribution in [-0.2, 0) is 6.42 Å². The highest BCUT2D eigenvalue weighted by Gasteiger charge is 2.17. The monoisotopic (exact) mass is 246 g/mol. The summed E-state index contributed by atoms with van der Waals surface area (Å²) in [7, 11) is 0. The van der Waals surface area contributed by atoms with Crippen molar-refractivity contribution in [1.29, 1.82) is 0 Å². The topological polar surface area (TPSA) is 15.3 Å². The first-order chi connectivity index (χ1) is 8.81. The van der Waals surface area contributed by atoms with Crippen molar-refractivity contribution in [3.63, 3.8) is 0 Å². The number of hydrogen-bond donors (Lipinski definition) is 1. The second kappa shape index (κ2) is 6.79. The maximum Gasteiger partial charge on any atom is 0.0399 e. The molecule has 1 N–H and O–H groups in total. The van der Waals surface area contributed by atoms with E-state index in [4.69, 9.17) is 0 Å². The minimum atomic E-state index is 0.667. The molecular formula is C16H26N2. The van der Waals surface area contributed by atoms with Crippen molar-refractivity contribution in [2.75, 3.05) is 24.5 Å². The first-order valence-corrected chi connectivity index (χ1v) is 7.37. The fourth-order valence-corrected chi connectivity index (χ4v) is 2.84. The number of rotatable bonds is 7. The Morgan fingerprint density at radius 3 is 2.94 bits per heavy atom. The van der Waals surface area contributed by atoms with Gasteiger partial charge in [-0.15, -0.1) is 0 Å². The highest BCUT2D eigenvalue weighted by molar-refractivity contribution is 5.57. The molecule has 1 aromatic carbocycles. The summed E-state index contributed by atoms with van der Waals surface area (Å²) >= 11 is 0. The smallest absolute Gasteiger partial charge is 0.0399 e. The van der Waals surface area contributed by atoms with E-state index in [1.165, 1.54) is 50.0 Å². The maximum atomic E-state index is 3.48. The summed E-state index contributed by atoms with van der Waals surface area (Å²) in [4.78, 5) is 2.55. The van der Waals surface area contributed by atoms with Crippen LogP contribution in [0.2, 0.25) is 0 Å². The molecule has 1 aromatic rings. The molecule has 0 fully saturated rings. The number of unbranched alkanes of at least 4 members (excludes halogenated alkanes) is 1. The average Bonchev–Trinajstić information content (AvgIpc) is 2.78. The van der Waals surface area contributed by atoms with Gasteiger partial charge in [0.05, 0.1) is 0 Å². The fourth-order valence-electron chi connectivity index (χ4n) is 2.84. The lowest BCUT2D eigenvalue weighted by Gasteiger charge is -2.20. The standard InChI is InChI=1S/C16H26N2/c1-3-17-14(2)8-6-7-12-18-13-11-15-9-4-5-10-16(15)18/h4-5,9-10,14,17H,3,6-8,11-13H2,1-2H3. The van der Waals surface area contributed by atoms with Crippen LogP contribution in [0.5, 0.6) is 0 Å². The lowest BCUT2D eigenvalue weighted by atomic mass is 10.1. The molecule has 1 atom stereocenters. The molecule has 0 spiro atoms. The van der Waals surface area contributed by atoms with Gasteiger partial charge in [-0.3, -0.25) is 0 Å².